The topological polar surface area (TPSA) is 56.7 Å². The summed E-state index contributed by atoms with van der Waals surface area (Å²) in [7, 11) is 0. The van der Waals surface area contributed by atoms with Gasteiger partial charge in [-0.1, -0.05) is 17.3 Å². The lowest BCUT2D eigenvalue weighted by atomic mass is 10.3. The largest absolute Gasteiger partial charge is 0.449 e. The number of hydrogen-bond donors (Lipinski definition) is 0. The fourth-order valence-corrected chi connectivity index (χ4v) is 1.99. The van der Waals surface area contributed by atoms with Crippen molar-refractivity contribution in [3.63, 3.8) is 0 Å². The molecule has 0 aliphatic heterocycles. The van der Waals surface area contributed by atoms with Gasteiger partial charge in [-0.3, -0.25) is 0 Å². The van der Waals surface area contributed by atoms with Gasteiger partial charge in [-0.25, -0.2) is 4.98 Å². The second-order valence-corrected chi connectivity index (χ2v) is 4.24. The van der Waals surface area contributed by atoms with E-state index in [1.54, 1.807) is 25.1 Å². The second-order valence-electron chi connectivity index (χ2n) is 4.24. The van der Waals surface area contributed by atoms with Gasteiger partial charge in [-0.2, -0.15) is 18.2 Å². The second kappa shape index (κ2) is 4.32. The van der Waals surface area contributed by atoms with Crippen molar-refractivity contribution in [2.45, 2.75) is 19.6 Å². The van der Waals surface area contributed by atoms with Gasteiger partial charge in [0.05, 0.1) is 11.0 Å². The fraction of sp³-hybridized carbons (Fsp3) is 0.250. The summed E-state index contributed by atoms with van der Waals surface area (Å²) < 4.78 is 45.0. The Hall–Kier alpha value is -2.38. The van der Waals surface area contributed by atoms with Crippen LogP contribution in [0, 0.1) is 6.92 Å². The maximum Gasteiger partial charge on any atom is 0.449 e. The number of benzene rings is 1. The van der Waals surface area contributed by atoms with E-state index in [2.05, 4.69) is 15.1 Å². The number of para-hydroxylation sites is 2. The minimum atomic E-state index is -4.55. The highest BCUT2D eigenvalue weighted by Gasteiger charge is 2.37. The van der Waals surface area contributed by atoms with Gasteiger partial charge in [0, 0.05) is 0 Å². The molecule has 0 N–H and O–H groups in total. The van der Waals surface area contributed by atoms with Gasteiger partial charge >= 0.3 is 6.18 Å². The minimum absolute atomic E-state index is 0.108. The van der Waals surface area contributed by atoms with E-state index in [1.807, 2.05) is 0 Å². The number of hydrogen-bond acceptors (Lipinski definition) is 4. The summed E-state index contributed by atoms with van der Waals surface area (Å²) in [5.74, 6) is -0.497. The van der Waals surface area contributed by atoms with Crippen LogP contribution in [0.4, 0.5) is 13.2 Å². The molecule has 0 fully saturated rings. The normalized spacial score (nSPS) is 12.2. The third kappa shape index (κ3) is 2.13. The molecule has 5 nitrogen and oxygen atoms in total. The average Bonchev–Trinajstić information content (AvgIpc) is 2.94. The Bertz CT molecular complexity index is 759. The zero-order valence-electron chi connectivity index (χ0n) is 10.3. The molecule has 0 aliphatic rings. The highest BCUT2D eigenvalue weighted by molar-refractivity contribution is 5.76. The molecule has 20 heavy (non-hydrogen) atoms. The van der Waals surface area contributed by atoms with Crippen LogP contribution >= 0.6 is 0 Å². The standard InChI is InChI=1S/C12H9F3N4O/c1-7-16-10(20-18-7)6-19-9-5-3-2-4-8(9)17-11(19)12(13,14)15/h2-5H,6H2,1H3. The monoisotopic (exact) mass is 282 g/mol. The molecule has 0 amide bonds. The van der Waals surface area contributed by atoms with Gasteiger partial charge < -0.3 is 9.09 Å². The predicted octanol–water partition coefficient (Wildman–Crippen LogP) is 2.79. The summed E-state index contributed by atoms with van der Waals surface area (Å²) in [6, 6.07) is 6.39. The summed E-state index contributed by atoms with van der Waals surface area (Å²) in [6.45, 7) is 1.43. The molecule has 0 bridgehead atoms. The Morgan fingerprint density at radius 2 is 1.95 bits per heavy atom. The smallest absolute Gasteiger partial charge is 0.337 e. The van der Waals surface area contributed by atoms with Gasteiger partial charge in [0.25, 0.3) is 0 Å². The summed E-state index contributed by atoms with van der Waals surface area (Å²) in [5.41, 5.74) is 0.645. The van der Waals surface area contributed by atoms with E-state index in [1.165, 1.54) is 6.07 Å². The van der Waals surface area contributed by atoms with Crippen molar-refractivity contribution in [1.82, 2.24) is 19.7 Å². The first kappa shape index (κ1) is 12.6. The maximum atomic E-state index is 13.0. The molecule has 0 saturated carbocycles. The summed E-state index contributed by atoms with van der Waals surface area (Å²) in [5, 5.41) is 3.57. The molecule has 3 rings (SSSR count). The Labute approximate surface area is 111 Å². The maximum absolute atomic E-state index is 13.0. The van der Waals surface area contributed by atoms with Crippen LogP contribution in [0.2, 0.25) is 0 Å². The van der Waals surface area contributed by atoms with Crippen molar-refractivity contribution in [2.75, 3.05) is 0 Å². The Morgan fingerprint density at radius 3 is 2.60 bits per heavy atom. The van der Waals surface area contributed by atoms with Crippen LogP contribution in [-0.2, 0) is 12.7 Å². The van der Waals surface area contributed by atoms with E-state index < -0.39 is 12.0 Å². The highest BCUT2D eigenvalue weighted by atomic mass is 19.4. The number of halogens is 3. The van der Waals surface area contributed by atoms with Crippen LogP contribution in [-0.4, -0.2) is 19.7 Å². The van der Waals surface area contributed by atoms with Gasteiger partial charge in [0.1, 0.15) is 6.54 Å². The first-order chi connectivity index (χ1) is 9.45. The van der Waals surface area contributed by atoms with Crippen LogP contribution < -0.4 is 0 Å². The van der Waals surface area contributed by atoms with Crippen molar-refractivity contribution < 1.29 is 17.7 Å². The molecule has 0 spiro atoms. The SMILES string of the molecule is Cc1noc(Cn2c(C(F)(F)F)nc3ccccc32)n1. The molecule has 0 radical (unpaired) electrons. The zero-order valence-corrected chi connectivity index (χ0v) is 10.3. The number of aromatic nitrogens is 4. The van der Waals surface area contributed by atoms with Crippen molar-refractivity contribution in [2.24, 2.45) is 0 Å². The van der Waals surface area contributed by atoms with Crippen molar-refractivity contribution >= 4 is 11.0 Å². The number of imidazole rings is 1. The van der Waals surface area contributed by atoms with Crippen LogP contribution in [0.1, 0.15) is 17.5 Å². The van der Waals surface area contributed by atoms with E-state index in [0.29, 0.717) is 11.3 Å². The molecule has 1 aromatic carbocycles. The van der Waals surface area contributed by atoms with Crippen molar-refractivity contribution in [1.29, 1.82) is 0 Å². The van der Waals surface area contributed by atoms with Gasteiger partial charge in [-0.05, 0) is 19.1 Å². The number of nitrogens with zero attached hydrogens (tertiary/aromatic N) is 4. The van der Waals surface area contributed by atoms with Crippen molar-refractivity contribution in [3.8, 4) is 0 Å². The fourth-order valence-electron chi connectivity index (χ4n) is 1.99. The third-order valence-corrected chi connectivity index (χ3v) is 2.77. The molecule has 2 aromatic heterocycles. The first-order valence-corrected chi connectivity index (χ1v) is 5.77. The molecule has 0 aliphatic carbocycles. The zero-order chi connectivity index (χ0) is 14.3. The van der Waals surface area contributed by atoms with E-state index in [0.717, 1.165) is 4.57 Å². The minimum Gasteiger partial charge on any atom is -0.337 e. The molecule has 0 saturated heterocycles. The van der Waals surface area contributed by atoms with Gasteiger partial charge in [-0.15, -0.1) is 0 Å². The third-order valence-electron chi connectivity index (χ3n) is 2.77. The number of alkyl halides is 3. The Morgan fingerprint density at radius 1 is 1.20 bits per heavy atom. The number of rotatable bonds is 2. The van der Waals surface area contributed by atoms with Crippen LogP contribution in [0.3, 0.4) is 0 Å². The summed E-state index contributed by atoms with van der Waals surface area (Å²) in [6.07, 6.45) is -4.55. The predicted molar refractivity (Wildman–Crippen MR) is 62.9 cm³/mol. The average molecular weight is 282 g/mol. The molecular formula is C12H9F3N4O. The Kier molecular flexibility index (Phi) is 2.73. The van der Waals surface area contributed by atoms with Crippen LogP contribution in [0.15, 0.2) is 28.8 Å². The molecule has 3 aromatic rings. The molecule has 2 heterocycles. The molecule has 0 atom stereocenters. The molecule has 8 heteroatoms. The number of fused-ring (bicyclic) bond motifs is 1. The lowest BCUT2D eigenvalue weighted by Crippen LogP contribution is -2.15. The van der Waals surface area contributed by atoms with E-state index in [9.17, 15) is 13.2 Å². The van der Waals surface area contributed by atoms with E-state index in [-0.39, 0.29) is 18.0 Å². The highest BCUT2D eigenvalue weighted by Crippen LogP contribution is 2.31. The molecular weight excluding hydrogens is 273 g/mol. The van der Waals surface area contributed by atoms with Crippen LogP contribution in [0.25, 0.3) is 11.0 Å². The summed E-state index contributed by atoms with van der Waals surface area (Å²) in [4.78, 5) is 7.56. The van der Waals surface area contributed by atoms with Gasteiger partial charge in [0.15, 0.2) is 5.82 Å². The summed E-state index contributed by atoms with van der Waals surface area (Å²) >= 11 is 0. The lowest BCUT2D eigenvalue weighted by Gasteiger charge is -2.08. The quantitative estimate of drug-likeness (QED) is 0.725. The lowest BCUT2D eigenvalue weighted by molar-refractivity contribution is -0.146. The van der Waals surface area contributed by atoms with E-state index in [4.69, 9.17) is 4.52 Å². The Balaban J connectivity index is 2.16. The first-order valence-electron chi connectivity index (χ1n) is 5.77. The van der Waals surface area contributed by atoms with Crippen molar-refractivity contribution in [3.05, 3.63) is 41.8 Å². The number of aryl methyl sites for hydroxylation is 1. The van der Waals surface area contributed by atoms with E-state index >= 15 is 0 Å². The van der Waals surface area contributed by atoms with Crippen LogP contribution in [0.5, 0.6) is 0 Å². The molecule has 0 unspecified atom stereocenters. The molecule has 104 valence electrons. The van der Waals surface area contributed by atoms with Gasteiger partial charge in [0.2, 0.25) is 11.7 Å².